The van der Waals surface area contributed by atoms with Gasteiger partial charge >= 0.3 is 0 Å². The van der Waals surface area contributed by atoms with E-state index in [0.717, 1.165) is 48.6 Å². The third-order valence-corrected chi connectivity index (χ3v) is 4.77. The SMILES string of the molecule is O=C(CCN1CCOCC1)Nc1cccc(CNC(=O)c2cc(Br)c[nH]2)c1. The Kier molecular flexibility index (Phi) is 7.03. The first kappa shape index (κ1) is 19.6. The Morgan fingerprint density at radius 1 is 1.22 bits per heavy atom. The minimum Gasteiger partial charge on any atom is -0.379 e. The molecule has 3 rings (SSSR count). The quantitative estimate of drug-likeness (QED) is 0.624. The van der Waals surface area contributed by atoms with Crippen LogP contribution in [0.1, 0.15) is 22.5 Å². The summed E-state index contributed by atoms with van der Waals surface area (Å²) in [6.07, 6.45) is 2.16. The second kappa shape index (κ2) is 9.68. The predicted octanol–water partition coefficient (Wildman–Crippen LogP) is 2.37. The number of morpholine rings is 1. The number of benzene rings is 1. The molecule has 0 aliphatic carbocycles. The normalized spacial score (nSPS) is 14.7. The van der Waals surface area contributed by atoms with Crippen LogP contribution in [0.4, 0.5) is 5.69 Å². The van der Waals surface area contributed by atoms with Crippen LogP contribution in [0, 0.1) is 0 Å². The summed E-state index contributed by atoms with van der Waals surface area (Å²) in [5.74, 6) is -0.195. The molecular weight excluding hydrogens is 412 g/mol. The molecule has 2 amide bonds. The Bertz CT molecular complexity index is 787. The number of hydrogen-bond acceptors (Lipinski definition) is 4. The topological polar surface area (TPSA) is 86.5 Å². The van der Waals surface area contributed by atoms with Crippen molar-refractivity contribution >= 4 is 33.4 Å². The fourth-order valence-electron chi connectivity index (χ4n) is 2.84. The number of carbonyl (C=O) groups is 2. The summed E-state index contributed by atoms with van der Waals surface area (Å²) >= 11 is 3.31. The molecule has 144 valence electrons. The lowest BCUT2D eigenvalue weighted by atomic mass is 10.2. The highest BCUT2D eigenvalue weighted by molar-refractivity contribution is 9.10. The summed E-state index contributed by atoms with van der Waals surface area (Å²) in [4.78, 5) is 29.4. The first-order valence-electron chi connectivity index (χ1n) is 8.91. The molecule has 8 heteroatoms. The number of halogens is 1. The molecule has 1 fully saturated rings. The van der Waals surface area contributed by atoms with Crippen molar-refractivity contribution in [1.29, 1.82) is 0 Å². The largest absolute Gasteiger partial charge is 0.379 e. The van der Waals surface area contributed by atoms with Crippen LogP contribution in [0.3, 0.4) is 0 Å². The van der Waals surface area contributed by atoms with Crippen LogP contribution in [-0.2, 0) is 16.1 Å². The molecule has 2 aromatic rings. The molecule has 0 radical (unpaired) electrons. The van der Waals surface area contributed by atoms with E-state index in [-0.39, 0.29) is 11.8 Å². The second-order valence-corrected chi connectivity index (χ2v) is 7.28. The number of anilines is 1. The summed E-state index contributed by atoms with van der Waals surface area (Å²) in [5, 5.41) is 5.78. The van der Waals surface area contributed by atoms with Crippen molar-refractivity contribution in [3.05, 3.63) is 52.3 Å². The Morgan fingerprint density at radius 2 is 2.04 bits per heavy atom. The average molecular weight is 435 g/mol. The van der Waals surface area contributed by atoms with Gasteiger partial charge in [0.25, 0.3) is 5.91 Å². The van der Waals surface area contributed by atoms with Gasteiger partial charge in [-0.25, -0.2) is 0 Å². The van der Waals surface area contributed by atoms with Crippen molar-refractivity contribution in [3.8, 4) is 0 Å². The van der Waals surface area contributed by atoms with Gasteiger partial charge in [-0.3, -0.25) is 14.5 Å². The Balaban J connectivity index is 1.46. The summed E-state index contributed by atoms with van der Waals surface area (Å²) in [6.45, 7) is 4.33. The first-order valence-corrected chi connectivity index (χ1v) is 9.70. The number of aromatic amines is 1. The van der Waals surface area contributed by atoms with E-state index in [4.69, 9.17) is 4.74 Å². The zero-order valence-corrected chi connectivity index (χ0v) is 16.5. The van der Waals surface area contributed by atoms with Crippen molar-refractivity contribution < 1.29 is 14.3 Å². The van der Waals surface area contributed by atoms with Gasteiger partial charge in [-0.15, -0.1) is 0 Å². The van der Waals surface area contributed by atoms with Gasteiger partial charge in [0, 0.05) is 49.0 Å². The Morgan fingerprint density at radius 3 is 2.78 bits per heavy atom. The number of amides is 2. The maximum atomic E-state index is 12.2. The molecule has 0 atom stereocenters. The van der Waals surface area contributed by atoms with E-state index in [0.29, 0.717) is 18.7 Å². The van der Waals surface area contributed by atoms with E-state index in [1.54, 1.807) is 12.3 Å². The molecule has 3 N–H and O–H groups in total. The zero-order chi connectivity index (χ0) is 19.1. The van der Waals surface area contributed by atoms with Gasteiger partial charge in [0.15, 0.2) is 0 Å². The Labute approximate surface area is 166 Å². The van der Waals surface area contributed by atoms with Crippen molar-refractivity contribution in [3.63, 3.8) is 0 Å². The molecular formula is C19H23BrN4O3. The minimum atomic E-state index is -0.180. The third kappa shape index (κ3) is 6.20. The lowest BCUT2D eigenvalue weighted by molar-refractivity contribution is -0.116. The van der Waals surface area contributed by atoms with Crippen LogP contribution in [-0.4, -0.2) is 54.5 Å². The van der Waals surface area contributed by atoms with Crippen LogP contribution in [0.25, 0.3) is 0 Å². The van der Waals surface area contributed by atoms with Gasteiger partial charge < -0.3 is 20.4 Å². The molecule has 0 unspecified atom stereocenters. The number of aromatic nitrogens is 1. The molecule has 0 bridgehead atoms. The number of carbonyl (C=O) groups excluding carboxylic acids is 2. The molecule has 1 aliphatic heterocycles. The minimum absolute atomic E-state index is 0.0149. The molecule has 1 aliphatic rings. The van der Waals surface area contributed by atoms with E-state index < -0.39 is 0 Å². The molecule has 1 saturated heterocycles. The summed E-state index contributed by atoms with van der Waals surface area (Å²) < 4.78 is 6.14. The second-order valence-electron chi connectivity index (χ2n) is 6.37. The van der Waals surface area contributed by atoms with Crippen molar-refractivity contribution in [2.75, 3.05) is 38.2 Å². The van der Waals surface area contributed by atoms with Gasteiger partial charge in [0.1, 0.15) is 5.69 Å². The predicted molar refractivity (Wildman–Crippen MR) is 107 cm³/mol. The van der Waals surface area contributed by atoms with Gasteiger partial charge in [0.2, 0.25) is 5.91 Å². The number of ether oxygens (including phenoxy) is 1. The van der Waals surface area contributed by atoms with Crippen molar-refractivity contribution in [1.82, 2.24) is 15.2 Å². The van der Waals surface area contributed by atoms with Crippen molar-refractivity contribution in [2.45, 2.75) is 13.0 Å². The van der Waals surface area contributed by atoms with E-state index in [1.165, 1.54) is 0 Å². The lowest BCUT2D eigenvalue weighted by Crippen LogP contribution is -2.38. The third-order valence-electron chi connectivity index (χ3n) is 4.32. The van der Waals surface area contributed by atoms with Crippen LogP contribution in [0.5, 0.6) is 0 Å². The molecule has 1 aromatic heterocycles. The van der Waals surface area contributed by atoms with Crippen LogP contribution in [0.2, 0.25) is 0 Å². The van der Waals surface area contributed by atoms with E-state index in [1.807, 2.05) is 24.3 Å². The lowest BCUT2D eigenvalue weighted by Gasteiger charge is -2.26. The molecule has 7 nitrogen and oxygen atoms in total. The number of hydrogen-bond donors (Lipinski definition) is 3. The fraction of sp³-hybridized carbons (Fsp3) is 0.368. The molecule has 2 heterocycles. The maximum absolute atomic E-state index is 12.2. The smallest absolute Gasteiger partial charge is 0.267 e. The highest BCUT2D eigenvalue weighted by Crippen LogP contribution is 2.13. The van der Waals surface area contributed by atoms with Crippen LogP contribution < -0.4 is 10.6 Å². The van der Waals surface area contributed by atoms with E-state index in [2.05, 4.69) is 36.4 Å². The highest BCUT2D eigenvalue weighted by Gasteiger charge is 2.12. The number of rotatable bonds is 7. The monoisotopic (exact) mass is 434 g/mol. The molecule has 0 saturated carbocycles. The summed E-state index contributed by atoms with van der Waals surface area (Å²) in [7, 11) is 0. The number of nitrogens with zero attached hydrogens (tertiary/aromatic N) is 1. The van der Waals surface area contributed by atoms with E-state index in [9.17, 15) is 9.59 Å². The van der Waals surface area contributed by atoms with Gasteiger partial charge in [0.05, 0.1) is 13.2 Å². The first-order chi connectivity index (χ1) is 13.1. The van der Waals surface area contributed by atoms with E-state index >= 15 is 0 Å². The van der Waals surface area contributed by atoms with Gasteiger partial charge in [-0.05, 0) is 39.7 Å². The number of nitrogens with one attached hydrogen (secondary N) is 3. The number of H-pyrrole nitrogens is 1. The summed E-state index contributed by atoms with van der Waals surface area (Å²) in [6, 6.07) is 9.22. The highest BCUT2D eigenvalue weighted by atomic mass is 79.9. The Hall–Kier alpha value is -2.16. The molecule has 0 spiro atoms. The summed E-state index contributed by atoms with van der Waals surface area (Å²) in [5.41, 5.74) is 2.14. The van der Waals surface area contributed by atoms with Crippen LogP contribution >= 0.6 is 15.9 Å². The van der Waals surface area contributed by atoms with Crippen LogP contribution in [0.15, 0.2) is 41.0 Å². The van der Waals surface area contributed by atoms with Gasteiger partial charge in [-0.2, -0.15) is 0 Å². The molecule has 27 heavy (non-hydrogen) atoms. The standard InChI is InChI=1S/C19H23BrN4O3/c20-15-11-17(21-13-15)19(26)22-12-14-2-1-3-16(10-14)23-18(25)4-5-24-6-8-27-9-7-24/h1-3,10-11,13,21H,4-9,12H2,(H,22,26)(H,23,25). The van der Waals surface area contributed by atoms with Crippen molar-refractivity contribution in [2.24, 2.45) is 0 Å². The molecule has 1 aromatic carbocycles. The maximum Gasteiger partial charge on any atom is 0.267 e. The van der Waals surface area contributed by atoms with Gasteiger partial charge in [-0.1, -0.05) is 12.1 Å². The average Bonchev–Trinajstić information content (AvgIpc) is 3.12. The fourth-order valence-corrected chi connectivity index (χ4v) is 3.19. The zero-order valence-electron chi connectivity index (χ0n) is 15.0.